The standard InChI is InChI=1S/C13H14O3S/c1-2-17-13(15)9-8-12(14)16-10-11-6-4-3-5-7-11/h3-9H,2,10H2,1H3/b9-8+. The summed E-state index contributed by atoms with van der Waals surface area (Å²) in [4.78, 5) is 22.3. The fourth-order valence-corrected chi connectivity index (χ4v) is 1.55. The second-order valence-corrected chi connectivity index (χ2v) is 4.45. The van der Waals surface area contributed by atoms with Gasteiger partial charge in [-0.3, -0.25) is 4.79 Å². The number of carbonyl (C=O) groups excluding carboxylic acids is 2. The minimum absolute atomic E-state index is 0.135. The van der Waals surface area contributed by atoms with E-state index in [-0.39, 0.29) is 11.7 Å². The Morgan fingerprint density at radius 3 is 2.59 bits per heavy atom. The molecule has 0 N–H and O–H groups in total. The molecule has 0 fully saturated rings. The van der Waals surface area contributed by atoms with E-state index in [0.29, 0.717) is 5.75 Å². The molecule has 0 aliphatic heterocycles. The molecular weight excluding hydrogens is 236 g/mol. The Morgan fingerprint density at radius 1 is 1.24 bits per heavy atom. The molecule has 4 heteroatoms. The maximum absolute atomic E-state index is 11.3. The van der Waals surface area contributed by atoms with Crippen LogP contribution in [0.1, 0.15) is 12.5 Å². The van der Waals surface area contributed by atoms with Crippen LogP contribution >= 0.6 is 11.8 Å². The first-order chi connectivity index (χ1) is 8.22. The Balaban J connectivity index is 2.33. The van der Waals surface area contributed by atoms with Crippen LogP contribution in [0.25, 0.3) is 0 Å². The molecule has 17 heavy (non-hydrogen) atoms. The van der Waals surface area contributed by atoms with Gasteiger partial charge in [-0.2, -0.15) is 0 Å². The van der Waals surface area contributed by atoms with Crippen molar-refractivity contribution in [2.75, 3.05) is 5.75 Å². The van der Waals surface area contributed by atoms with E-state index in [9.17, 15) is 9.59 Å². The number of carbonyl (C=O) groups is 2. The maximum Gasteiger partial charge on any atom is 0.331 e. The van der Waals surface area contributed by atoms with Gasteiger partial charge >= 0.3 is 5.97 Å². The zero-order chi connectivity index (χ0) is 12.5. The summed E-state index contributed by atoms with van der Waals surface area (Å²) in [6.45, 7) is 2.10. The number of benzene rings is 1. The molecule has 0 unspecified atom stereocenters. The molecule has 1 rings (SSSR count). The highest BCUT2D eigenvalue weighted by Crippen LogP contribution is 2.03. The summed E-state index contributed by atoms with van der Waals surface area (Å²) in [6.07, 6.45) is 2.40. The van der Waals surface area contributed by atoms with E-state index in [0.717, 1.165) is 23.4 Å². The van der Waals surface area contributed by atoms with Gasteiger partial charge in [0.2, 0.25) is 5.12 Å². The lowest BCUT2D eigenvalue weighted by atomic mass is 10.2. The van der Waals surface area contributed by atoms with Crippen LogP contribution in [0.15, 0.2) is 42.5 Å². The largest absolute Gasteiger partial charge is 0.458 e. The van der Waals surface area contributed by atoms with E-state index in [1.54, 1.807) is 0 Å². The monoisotopic (exact) mass is 250 g/mol. The van der Waals surface area contributed by atoms with Crippen LogP contribution in [0.2, 0.25) is 0 Å². The van der Waals surface area contributed by atoms with Crippen molar-refractivity contribution in [2.24, 2.45) is 0 Å². The van der Waals surface area contributed by atoms with Crippen LogP contribution in [0.4, 0.5) is 0 Å². The first-order valence-corrected chi connectivity index (χ1v) is 6.26. The molecule has 0 saturated carbocycles. The van der Waals surface area contributed by atoms with Gasteiger partial charge in [0, 0.05) is 6.08 Å². The Labute approximate surface area is 105 Å². The van der Waals surface area contributed by atoms with Crippen molar-refractivity contribution in [1.29, 1.82) is 0 Å². The van der Waals surface area contributed by atoms with Gasteiger partial charge in [0.25, 0.3) is 0 Å². The van der Waals surface area contributed by atoms with Crippen molar-refractivity contribution in [2.45, 2.75) is 13.5 Å². The van der Waals surface area contributed by atoms with Crippen LogP contribution < -0.4 is 0 Å². The van der Waals surface area contributed by atoms with Crippen molar-refractivity contribution in [3.05, 3.63) is 48.0 Å². The Bertz CT molecular complexity index is 398. The average molecular weight is 250 g/mol. The van der Waals surface area contributed by atoms with Gasteiger partial charge in [-0.1, -0.05) is 49.0 Å². The summed E-state index contributed by atoms with van der Waals surface area (Å²) in [7, 11) is 0. The minimum atomic E-state index is -0.501. The fraction of sp³-hybridized carbons (Fsp3) is 0.231. The number of ether oxygens (including phenoxy) is 1. The number of hydrogen-bond acceptors (Lipinski definition) is 4. The van der Waals surface area contributed by atoms with Gasteiger partial charge < -0.3 is 4.74 Å². The van der Waals surface area contributed by atoms with Crippen molar-refractivity contribution in [1.82, 2.24) is 0 Å². The van der Waals surface area contributed by atoms with Crippen molar-refractivity contribution >= 4 is 22.8 Å². The molecule has 0 aliphatic rings. The van der Waals surface area contributed by atoms with Crippen molar-refractivity contribution in [3.63, 3.8) is 0 Å². The van der Waals surface area contributed by atoms with Crippen LogP contribution in [0.3, 0.4) is 0 Å². The number of rotatable bonds is 5. The SMILES string of the molecule is CCSC(=O)/C=C/C(=O)OCc1ccccc1. The highest BCUT2D eigenvalue weighted by molar-refractivity contribution is 8.14. The van der Waals surface area contributed by atoms with Gasteiger partial charge in [0.15, 0.2) is 0 Å². The molecule has 0 heterocycles. The summed E-state index contributed by atoms with van der Waals surface area (Å²) in [5, 5.41) is -0.135. The Hall–Kier alpha value is -1.55. The van der Waals surface area contributed by atoms with Gasteiger partial charge in [-0.15, -0.1) is 0 Å². The predicted octanol–water partition coefficient (Wildman–Crippen LogP) is 2.57. The molecule has 0 spiro atoms. The smallest absolute Gasteiger partial charge is 0.331 e. The molecule has 0 bridgehead atoms. The summed E-state index contributed by atoms with van der Waals surface area (Å²) in [5.74, 6) is 0.196. The van der Waals surface area contributed by atoms with E-state index in [4.69, 9.17) is 4.74 Å². The fourth-order valence-electron chi connectivity index (χ4n) is 1.10. The molecule has 0 aromatic heterocycles. The zero-order valence-electron chi connectivity index (χ0n) is 9.59. The molecule has 0 radical (unpaired) electrons. The van der Waals surface area contributed by atoms with E-state index in [1.807, 2.05) is 37.3 Å². The summed E-state index contributed by atoms with van der Waals surface area (Å²) >= 11 is 1.15. The molecule has 0 atom stereocenters. The summed E-state index contributed by atoms with van der Waals surface area (Å²) in [6, 6.07) is 9.39. The molecule has 90 valence electrons. The second kappa shape index (κ2) is 7.68. The second-order valence-electron chi connectivity index (χ2n) is 3.18. The average Bonchev–Trinajstić information content (AvgIpc) is 2.35. The van der Waals surface area contributed by atoms with Crippen molar-refractivity contribution in [3.8, 4) is 0 Å². The van der Waals surface area contributed by atoms with Gasteiger partial charge in [-0.25, -0.2) is 4.79 Å². The van der Waals surface area contributed by atoms with Crippen LogP contribution in [-0.2, 0) is 20.9 Å². The van der Waals surface area contributed by atoms with E-state index in [1.165, 1.54) is 6.08 Å². The molecule has 1 aromatic carbocycles. The molecule has 0 aliphatic carbocycles. The lowest BCUT2D eigenvalue weighted by Gasteiger charge is -2.01. The third-order valence-corrected chi connectivity index (χ3v) is 2.58. The predicted molar refractivity (Wildman–Crippen MR) is 68.5 cm³/mol. The number of thioether (sulfide) groups is 1. The normalized spacial score (nSPS) is 10.4. The first kappa shape index (κ1) is 13.5. The van der Waals surface area contributed by atoms with Crippen LogP contribution in [0, 0.1) is 0 Å². The summed E-state index contributed by atoms with van der Waals surface area (Å²) in [5.41, 5.74) is 0.920. The topological polar surface area (TPSA) is 43.4 Å². The van der Waals surface area contributed by atoms with Crippen molar-refractivity contribution < 1.29 is 14.3 Å². The molecule has 3 nitrogen and oxygen atoms in total. The minimum Gasteiger partial charge on any atom is -0.458 e. The molecular formula is C13H14O3S. The lowest BCUT2D eigenvalue weighted by Crippen LogP contribution is -2.01. The Kier molecular flexibility index (Phi) is 6.10. The molecule has 1 aromatic rings. The number of hydrogen-bond donors (Lipinski definition) is 0. The maximum atomic E-state index is 11.3. The Morgan fingerprint density at radius 2 is 1.94 bits per heavy atom. The van der Waals surface area contributed by atoms with E-state index >= 15 is 0 Å². The summed E-state index contributed by atoms with van der Waals surface area (Å²) < 4.78 is 4.97. The molecule has 0 saturated heterocycles. The first-order valence-electron chi connectivity index (χ1n) is 5.28. The van der Waals surface area contributed by atoms with Gasteiger partial charge in [0.05, 0.1) is 0 Å². The number of esters is 1. The van der Waals surface area contributed by atoms with E-state index in [2.05, 4.69) is 0 Å². The quantitative estimate of drug-likeness (QED) is 0.595. The zero-order valence-corrected chi connectivity index (χ0v) is 10.4. The highest BCUT2D eigenvalue weighted by atomic mass is 32.2. The van der Waals surface area contributed by atoms with Crippen LogP contribution in [-0.4, -0.2) is 16.8 Å². The highest BCUT2D eigenvalue weighted by Gasteiger charge is 2.00. The van der Waals surface area contributed by atoms with E-state index < -0.39 is 5.97 Å². The molecule has 0 amide bonds. The lowest BCUT2D eigenvalue weighted by molar-refractivity contribution is -0.139. The van der Waals surface area contributed by atoms with Crippen LogP contribution in [0.5, 0.6) is 0 Å². The third kappa shape index (κ3) is 5.92. The van der Waals surface area contributed by atoms with Gasteiger partial charge in [0.1, 0.15) is 6.61 Å². The van der Waals surface area contributed by atoms with Gasteiger partial charge in [-0.05, 0) is 17.4 Å². The third-order valence-electron chi connectivity index (χ3n) is 1.87.